The predicted octanol–water partition coefficient (Wildman–Crippen LogP) is 4.64. The van der Waals surface area contributed by atoms with Crippen molar-refractivity contribution in [3.05, 3.63) is 71.2 Å². The number of esters is 1. The van der Waals surface area contributed by atoms with Crippen molar-refractivity contribution >= 4 is 29.2 Å². The lowest BCUT2D eigenvalue weighted by molar-refractivity contribution is -0.142. The van der Waals surface area contributed by atoms with E-state index in [2.05, 4.69) is 43.7 Å². The van der Waals surface area contributed by atoms with Gasteiger partial charge in [-0.1, -0.05) is 13.8 Å². The summed E-state index contributed by atoms with van der Waals surface area (Å²) in [5, 5.41) is 3.26. The Morgan fingerprint density at radius 3 is 2.67 bits per heavy atom. The molecule has 2 aliphatic rings. The predicted molar refractivity (Wildman–Crippen MR) is 157 cm³/mol. The highest BCUT2D eigenvalue weighted by Crippen LogP contribution is 2.40. The Balaban J connectivity index is 1.40. The fraction of sp³-hybridized carbons (Fsp3) is 0.355. The number of pyridine rings is 2. The van der Waals surface area contributed by atoms with Crippen LogP contribution in [0.5, 0.6) is 5.88 Å². The highest BCUT2D eigenvalue weighted by Gasteiger charge is 2.37. The van der Waals surface area contributed by atoms with Crippen LogP contribution in [0.2, 0.25) is 0 Å². The number of nitrogens with one attached hydrogen (secondary N) is 1. The van der Waals surface area contributed by atoms with Gasteiger partial charge in [-0.2, -0.15) is 0 Å². The summed E-state index contributed by atoms with van der Waals surface area (Å²) in [7, 11) is 1.55. The van der Waals surface area contributed by atoms with E-state index in [9.17, 15) is 9.59 Å². The molecule has 1 N–H and O–H groups in total. The van der Waals surface area contributed by atoms with E-state index < -0.39 is 5.97 Å². The Hall–Kier alpha value is -4.80. The van der Waals surface area contributed by atoms with Crippen LogP contribution >= 0.6 is 0 Å². The molecular formula is C31H33N7O4. The number of nitrogens with zero attached hydrogens (tertiary/aromatic N) is 6. The highest BCUT2D eigenvalue weighted by molar-refractivity contribution is 6.06. The summed E-state index contributed by atoms with van der Waals surface area (Å²) in [5.41, 5.74) is 6.04. The van der Waals surface area contributed by atoms with Gasteiger partial charge in [-0.15, -0.1) is 0 Å². The minimum Gasteiger partial charge on any atom is -0.480 e. The van der Waals surface area contributed by atoms with Crippen molar-refractivity contribution in [3.8, 4) is 17.0 Å². The van der Waals surface area contributed by atoms with Crippen molar-refractivity contribution in [2.24, 2.45) is 5.41 Å². The third-order valence-corrected chi connectivity index (χ3v) is 7.73. The molecule has 0 saturated carbocycles. The molecule has 0 saturated heterocycles. The maximum Gasteiger partial charge on any atom is 0.302 e. The quantitative estimate of drug-likeness (QED) is 0.318. The zero-order chi connectivity index (χ0) is 29.6. The second kappa shape index (κ2) is 10.6. The molecule has 0 bridgehead atoms. The fourth-order valence-electron chi connectivity index (χ4n) is 5.93. The van der Waals surface area contributed by atoms with E-state index in [4.69, 9.17) is 9.47 Å². The number of hydrogen-bond acceptors (Lipinski definition) is 9. The van der Waals surface area contributed by atoms with Gasteiger partial charge < -0.3 is 19.4 Å². The molecule has 0 aromatic carbocycles. The van der Waals surface area contributed by atoms with Crippen molar-refractivity contribution in [2.75, 3.05) is 23.9 Å². The first-order chi connectivity index (χ1) is 20.1. The number of aromatic nitrogens is 5. The van der Waals surface area contributed by atoms with Gasteiger partial charge in [0.15, 0.2) is 0 Å². The monoisotopic (exact) mass is 567 g/mol. The minimum absolute atomic E-state index is 0.0524. The van der Waals surface area contributed by atoms with Gasteiger partial charge in [0, 0.05) is 55.4 Å². The van der Waals surface area contributed by atoms with Crippen LogP contribution in [-0.4, -0.2) is 50.0 Å². The SMILES string of the molecule is COc1ncc(-c2ccnc(N3CCn4c(cc5c4CC(C)(C)C5)C3=O)c2COC(C)=O)cc1Nc1ccnc(C)n1. The van der Waals surface area contributed by atoms with Crippen molar-refractivity contribution in [1.82, 2.24) is 24.5 Å². The molecule has 5 heterocycles. The van der Waals surface area contributed by atoms with Crippen LogP contribution in [0, 0.1) is 12.3 Å². The zero-order valence-electron chi connectivity index (χ0n) is 24.4. The van der Waals surface area contributed by atoms with Crippen molar-refractivity contribution in [3.63, 3.8) is 0 Å². The Kier molecular flexibility index (Phi) is 6.88. The summed E-state index contributed by atoms with van der Waals surface area (Å²) in [4.78, 5) is 45.2. The van der Waals surface area contributed by atoms with Gasteiger partial charge in [-0.3, -0.25) is 14.5 Å². The van der Waals surface area contributed by atoms with Crippen LogP contribution in [-0.2, 0) is 35.5 Å². The largest absolute Gasteiger partial charge is 0.480 e. The topological polar surface area (TPSA) is 124 Å². The first kappa shape index (κ1) is 27.4. The molecule has 11 nitrogen and oxygen atoms in total. The third kappa shape index (κ3) is 5.06. The van der Waals surface area contributed by atoms with Gasteiger partial charge in [0.25, 0.3) is 5.91 Å². The molecule has 0 unspecified atom stereocenters. The van der Waals surface area contributed by atoms with Crippen molar-refractivity contribution in [2.45, 2.75) is 53.7 Å². The van der Waals surface area contributed by atoms with E-state index in [1.54, 1.807) is 36.7 Å². The van der Waals surface area contributed by atoms with Gasteiger partial charge in [0.2, 0.25) is 5.88 Å². The summed E-state index contributed by atoms with van der Waals surface area (Å²) in [6, 6.07) is 7.51. The molecule has 11 heteroatoms. The number of carbonyl (C=O) groups excluding carboxylic acids is 2. The van der Waals surface area contributed by atoms with Crippen molar-refractivity contribution < 1.29 is 19.1 Å². The van der Waals surface area contributed by atoms with Crippen LogP contribution < -0.4 is 15.0 Å². The molecule has 0 fully saturated rings. The van der Waals surface area contributed by atoms with E-state index in [1.165, 1.54) is 18.2 Å². The number of anilines is 3. The summed E-state index contributed by atoms with van der Waals surface area (Å²) in [5.74, 6) is 1.52. The van der Waals surface area contributed by atoms with Crippen LogP contribution in [0.1, 0.15) is 53.9 Å². The maximum absolute atomic E-state index is 13.9. The third-order valence-electron chi connectivity index (χ3n) is 7.73. The normalized spacial score (nSPS) is 15.3. The number of hydrogen-bond donors (Lipinski definition) is 1. The zero-order valence-corrected chi connectivity index (χ0v) is 24.4. The summed E-state index contributed by atoms with van der Waals surface area (Å²) in [6.07, 6.45) is 6.92. The van der Waals surface area contributed by atoms with E-state index in [0.717, 1.165) is 24.0 Å². The maximum atomic E-state index is 13.9. The number of aryl methyl sites for hydroxylation is 1. The summed E-state index contributed by atoms with van der Waals surface area (Å²) < 4.78 is 13.1. The molecule has 4 aromatic rings. The van der Waals surface area contributed by atoms with E-state index >= 15 is 0 Å². The fourth-order valence-corrected chi connectivity index (χ4v) is 5.93. The highest BCUT2D eigenvalue weighted by atomic mass is 16.5. The lowest BCUT2D eigenvalue weighted by Gasteiger charge is -2.31. The Morgan fingerprint density at radius 1 is 1.10 bits per heavy atom. The number of rotatable bonds is 7. The average molecular weight is 568 g/mol. The van der Waals surface area contributed by atoms with Gasteiger partial charge in [-0.25, -0.2) is 19.9 Å². The first-order valence-electron chi connectivity index (χ1n) is 13.9. The van der Waals surface area contributed by atoms with Crippen LogP contribution in [0.15, 0.2) is 42.9 Å². The number of fused-ring (bicyclic) bond motifs is 3. The standard InChI is InChI=1S/C31H33N7O4/c1-18-32-9-7-27(35-18)36-24-12-21(16-34-29(24)41-5)22-6-8-33-28(23(22)17-42-19(2)39)38-11-10-37-25(30(38)40)13-20-14-31(3,4)15-26(20)37/h6-9,12-13,16H,10-11,14-15,17H2,1-5H3,(H,32,35,36). The Labute approximate surface area is 243 Å². The van der Waals surface area contributed by atoms with Gasteiger partial charge in [0.1, 0.15) is 35.4 Å². The number of amides is 1. The Morgan fingerprint density at radius 2 is 1.90 bits per heavy atom. The van der Waals surface area contributed by atoms with E-state index in [-0.39, 0.29) is 17.9 Å². The molecule has 0 atom stereocenters. The molecule has 42 heavy (non-hydrogen) atoms. The summed E-state index contributed by atoms with van der Waals surface area (Å²) >= 11 is 0. The molecule has 1 aliphatic carbocycles. The molecule has 1 aliphatic heterocycles. The first-order valence-corrected chi connectivity index (χ1v) is 13.9. The summed E-state index contributed by atoms with van der Waals surface area (Å²) in [6.45, 7) is 8.76. The second-order valence-electron chi connectivity index (χ2n) is 11.5. The van der Waals surface area contributed by atoms with Crippen LogP contribution in [0.25, 0.3) is 11.1 Å². The average Bonchev–Trinajstić information content (AvgIpc) is 3.44. The Bertz CT molecular complexity index is 1710. The number of carbonyl (C=O) groups is 2. The molecule has 1 amide bonds. The van der Waals surface area contributed by atoms with Gasteiger partial charge >= 0.3 is 5.97 Å². The molecule has 4 aromatic heterocycles. The van der Waals surface area contributed by atoms with Gasteiger partial charge in [-0.05, 0) is 60.6 Å². The van der Waals surface area contributed by atoms with Gasteiger partial charge in [0.05, 0.1) is 7.11 Å². The molecule has 6 rings (SSSR count). The second-order valence-corrected chi connectivity index (χ2v) is 11.5. The molecule has 0 radical (unpaired) electrons. The minimum atomic E-state index is -0.428. The van der Waals surface area contributed by atoms with Crippen LogP contribution in [0.3, 0.4) is 0 Å². The van der Waals surface area contributed by atoms with E-state index in [0.29, 0.717) is 53.4 Å². The van der Waals surface area contributed by atoms with Crippen LogP contribution in [0.4, 0.5) is 17.3 Å². The lowest BCUT2D eigenvalue weighted by Crippen LogP contribution is -2.41. The molecule has 0 spiro atoms. The smallest absolute Gasteiger partial charge is 0.302 e. The number of ether oxygens (including phenoxy) is 2. The lowest BCUT2D eigenvalue weighted by atomic mass is 9.90. The van der Waals surface area contributed by atoms with E-state index in [1.807, 2.05) is 25.1 Å². The molecular weight excluding hydrogens is 534 g/mol. The van der Waals surface area contributed by atoms with Crippen molar-refractivity contribution in [1.29, 1.82) is 0 Å². The molecule has 216 valence electrons. The number of methoxy groups -OCH3 is 1.